The topological polar surface area (TPSA) is 103 Å². The van der Waals surface area contributed by atoms with Gasteiger partial charge in [0.25, 0.3) is 0 Å². The summed E-state index contributed by atoms with van der Waals surface area (Å²) in [4.78, 5) is 12.6. The van der Waals surface area contributed by atoms with Gasteiger partial charge in [-0.3, -0.25) is 25.4 Å². The van der Waals surface area contributed by atoms with Gasteiger partial charge >= 0.3 is 0 Å². The lowest BCUT2D eigenvalue weighted by Gasteiger charge is -2.19. The molecule has 0 saturated carbocycles. The number of aromatic nitrogens is 2. The normalized spacial score (nSPS) is 12.1. The third-order valence-electron chi connectivity index (χ3n) is 5.89. The number of thiocarbonyl (C=S) groups is 1. The average Bonchev–Trinajstić information content (AvgIpc) is 3.41. The van der Waals surface area contributed by atoms with Gasteiger partial charge in [0.15, 0.2) is 5.11 Å². The predicted molar refractivity (Wildman–Crippen MR) is 157 cm³/mol. The van der Waals surface area contributed by atoms with Gasteiger partial charge in [-0.25, -0.2) is 8.78 Å². The molecule has 1 aliphatic heterocycles. The van der Waals surface area contributed by atoms with Gasteiger partial charge in [-0.1, -0.05) is 0 Å². The van der Waals surface area contributed by atoms with Crippen LogP contribution in [0, 0.1) is 25.5 Å². The van der Waals surface area contributed by atoms with Crippen LogP contribution in [0.4, 0.5) is 20.2 Å². The third-order valence-corrected chi connectivity index (χ3v) is 6.03. The minimum absolute atomic E-state index is 0. The van der Waals surface area contributed by atoms with Crippen LogP contribution < -0.4 is 21.8 Å². The van der Waals surface area contributed by atoms with E-state index in [2.05, 4.69) is 31.0 Å². The Labute approximate surface area is 231 Å². The molecule has 2 aromatic heterocycles. The van der Waals surface area contributed by atoms with Crippen molar-refractivity contribution < 1.29 is 8.78 Å². The molecule has 2 aromatic carbocycles. The quantitative estimate of drug-likeness (QED) is 0.199. The van der Waals surface area contributed by atoms with Crippen LogP contribution in [0.25, 0.3) is 21.8 Å². The largest absolute Gasteiger partial charge is 0.383 e. The second-order valence-corrected chi connectivity index (χ2v) is 8.85. The fraction of sp³-hybridized carbons (Fsp3) is 0.231. The van der Waals surface area contributed by atoms with Crippen molar-refractivity contribution in [3.63, 3.8) is 0 Å². The first-order chi connectivity index (χ1) is 17.8. The van der Waals surface area contributed by atoms with Crippen LogP contribution >= 0.6 is 24.6 Å². The highest BCUT2D eigenvalue weighted by Crippen LogP contribution is 2.27. The zero-order valence-corrected chi connectivity index (χ0v) is 22.6. The molecule has 0 fully saturated rings. The maximum Gasteiger partial charge on any atom is 0.163 e. The summed E-state index contributed by atoms with van der Waals surface area (Å²) in [5.74, 6) is -0.541. The zero-order chi connectivity index (χ0) is 26.4. The predicted octanol–water partition coefficient (Wildman–Crippen LogP) is 4.70. The summed E-state index contributed by atoms with van der Waals surface area (Å²) in [6.45, 7) is 6.58. The molecule has 200 valence electrons. The van der Waals surface area contributed by atoms with E-state index in [0.29, 0.717) is 34.9 Å². The number of hydrogen-bond acceptors (Lipinski definition) is 7. The van der Waals surface area contributed by atoms with E-state index in [9.17, 15) is 8.78 Å². The van der Waals surface area contributed by atoms with Gasteiger partial charge in [0.1, 0.15) is 18.0 Å². The van der Waals surface area contributed by atoms with Crippen LogP contribution in [0.15, 0.2) is 53.8 Å². The molecule has 4 aromatic rings. The van der Waals surface area contributed by atoms with Crippen LogP contribution in [0.5, 0.6) is 0 Å². The number of nitrogens with one attached hydrogen (secondary N) is 3. The van der Waals surface area contributed by atoms with Gasteiger partial charge < -0.3 is 16.4 Å². The first-order valence-corrected chi connectivity index (χ1v) is 12.1. The third kappa shape index (κ3) is 6.73. The highest BCUT2D eigenvalue weighted by molar-refractivity contribution is 7.80. The van der Waals surface area contributed by atoms with Crippen molar-refractivity contribution in [2.75, 3.05) is 36.9 Å². The Bertz CT molecular complexity index is 1470. The van der Waals surface area contributed by atoms with Crippen molar-refractivity contribution in [3.05, 3.63) is 71.6 Å². The number of aryl methyl sites for hydroxylation is 2. The summed E-state index contributed by atoms with van der Waals surface area (Å²) < 4.78 is 27.9. The molecular formula is C26H29ClF2N8S. The van der Waals surface area contributed by atoms with E-state index in [4.69, 9.17) is 18.0 Å². The Kier molecular flexibility index (Phi) is 9.91. The van der Waals surface area contributed by atoms with Crippen molar-refractivity contribution in [2.45, 2.75) is 13.8 Å². The van der Waals surface area contributed by atoms with E-state index in [1.807, 2.05) is 18.9 Å². The first-order valence-electron chi connectivity index (χ1n) is 11.7. The summed E-state index contributed by atoms with van der Waals surface area (Å²) in [5, 5.41) is 9.15. The molecule has 1 aliphatic rings. The molecule has 5 rings (SSSR count). The lowest BCUT2D eigenvalue weighted by molar-refractivity contribution is 0.555. The van der Waals surface area contributed by atoms with Gasteiger partial charge in [0.05, 0.1) is 29.8 Å². The molecule has 0 spiro atoms. The number of anilines is 2. The highest BCUT2D eigenvalue weighted by Gasteiger charge is 2.13. The molecule has 0 amide bonds. The number of halogens is 3. The van der Waals surface area contributed by atoms with Gasteiger partial charge in [0.2, 0.25) is 0 Å². The lowest BCUT2D eigenvalue weighted by atomic mass is 10.1. The van der Waals surface area contributed by atoms with E-state index < -0.39 is 0 Å². The average molecular weight is 559 g/mol. The number of nitrogens with zero attached hydrogens (tertiary/aromatic N) is 4. The number of rotatable bonds is 6. The van der Waals surface area contributed by atoms with Crippen molar-refractivity contribution in [1.82, 2.24) is 20.3 Å². The van der Waals surface area contributed by atoms with E-state index in [0.717, 1.165) is 35.6 Å². The lowest BCUT2D eigenvalue weighted by Crippen LogP contribution is -2.33. The van der Waals surface area contributed by atoms with Crippen molar-refractivity contribution in [1.29, 1.82) is 0 Å². The maximum atomic E-state index is 14.0. The van der Waals surface area contributed by atoms with E-state index >= 15 is 0 Å². The number of fused-ring (bicyclic) bond motifs is 2. The minimum atomic E-state index is -0.279. The summed E-state index contributed by atoms with van der Waals surface area (Å²) in [6, 6.07) is 9.93. The fourth-order valence-corrected chi connectivity index (χ4v) is 4.08. The second kappa shape index (κ2) is 13.1. The number of hydrazine groups is 1. The van der Waals surface area contributed by atoms with Crippen molar-refractivity contribution in [2.24, 2.45) is 10.7 Å². The molecule has 38 heavy (non-hydrogen) atoms. The molecule has 0 bridgehead atoms. The van der Waals surface area contributed by atoms with Crippen LogP contribution in [0.2, 0.25) is 0 Å². The number of benzene rings is 2. The summed E-state index contributed by atoms with van der Waals surface area (Å²) in [5.41, 5.74) is 13.2. The standard InChI is InChI=1S/C13H15FN4S.C13H13FN4.ClH/c1-8-11(16-5-6-18-13(15)19)7-10(14)9-3-2-4-17-12(8)9;1-9-12(17-18-6-5-15-8-18)7-11(14)10-3-2-4-16-13(9)10;/h2-4,7,16H,5-6H2,1H3,(H3,15,18,19);2-4,7-8,17H,5-6H2,1H3;1H. The van der Waals surface area contributed by atoms with E-state index in [-0.39, 0.29) is 29.2 Å². The van der Waals surface area contributed by atoms with Crippen LogP contribution in [0.1, 0.15) is 11.1 Å². The van der Waals surface area contributed by atoms with Crippen LogP contribution in [-0.2, 0) is 0 Å². The van der Waals surface area contributed by atoms with Crippen molar-refractivity contribution >= 4 is 69.3 Å². The van der Waals surface area contributed by atoms with Crippen molar-refractivity contribution in [3.8, 4) is 0 Å². The SMILES string of the molecule is Cc1c(NCCNC(N)=S)cc(F)c2cccnc12.Cc1c(NN2C=NCC2)cc(F)c2cccnc12.Cl. The second-order valence-electron chi connectivity index (χ2n) is 8.41. The molecule has 0 saturated heterocycles. The van der Waals surface area contributed by atoms with Crippen LogP contribution in [0.3, 0.4) is 0 Å². The molecule has 3 heterocycles. The smallest absolute Gasteiger partial charge is 0.163 e. The molecular weight excluding hydrogens is 530 g/mol. The minimum Gasteiger partial charge on any atom is -0.383 e. The molecule has 0 radical (unpaired) electrons. The number of hydrogen-bond donors (Lipinski definition) is 4. The Morgan fingerprint density at radius 2 is 1.55 bits per heavy atom. The number of aliphatic imine (C=N–C) groups is 1. The molecule has 12 heteroatoms. The maximum absolute atomic E-state index is 14.0. The Morgan fingerprint density at radius 1 is 0.974 bits per heavy atom. The Morgan fingerprint density at radius 3 is 2.11 bits per heavy atom. The Hall–Kier alpha value is -3.83. The van der Waals surface area contributed by atoms with Crippen LogP contribution in [-0.4, -0.2) is 52.6 Å². The highest BCUT2D eigenvalue weighted by atomic mass is 35.5. The number of nitrogens with two attached hydrogens (primary N) is 1. The first kappa shape index (κ1) is 28.7. The zero-order valence-electron chi connectivity index (χ0n) is 21.0. The summed E-state index contributed by atoms with van der Waals surface area (Å²) in [6.07, 6.45) is 5.06. The summed E-state index contributed by atoms with van der Waals surface area (Å²) in [7, 11) is 0. The molecule has 0 atom stereocenters. The summed E-state index contributed by atoms with van der Waals surface area (Å²) >= 11 is 4.70. The van der Waals surface area contributed by atoms with Gasteiger partial charge in [-0.15, -0.1) is 12.4 Å². The molecule has 0 unspecified atom stereocenters. The molecule has 8 nitrogen and oxygen atoms in total. The fourth-order valence-electron chi connectivity index (χ4n) is 3.98. The number of pyridine rings is 2. The van der Waals surface area contributed by atoms with E-state index in [1.165, 1.54) is 12.1 Å². The van der Waals surface area contributed by atoms with Gasteiger partial charge in [-0.2, -0.15) is 0 Å². The van der Waals surface area contributed by atoms with Gasteiger partial charge in [-0.05, 0) is 68.0 Å². The Balaban J connectivity index is 0.000000205. The molecule has 0 aliphatic carbocycles. The van der Waals surface area contributed by atoms with Gasteiger partial charge in [0, 0.05) is 47.5 Å². The monoisotopic (exact) mass is 558 g/mol. The van der Waals surface area contributed by atoms with E-state index in [1.54, 1.807) is 43.0 Å². The molecule has 5 N–H and O–H groups in total.